The molecule has 0 amide bonds. The number of rotatable bonds is 5. The maximum atomic E-state index is 14.1. The van der Waals surface area contributed by atoms with E-state index < -0.39 is 24.3 Å². The first kappa shape index (κ1) is 16.8. The van der Waals surface area contributed by atoms with E-state index in [4.69, 9.17) is 9.84 Å². The third-order valence-corrected chi connectivity index (χ3v) is 4.16. The fourth-order valence-corrected chi connectivity index (χ4v) is 2.87. The Hall–Kier alpha value is -2.03. The summed E-state index contributed by atoms with van der Waals surface area (Å²) in [5.41, 5.74) is 1.43. The molecule has 2 N–H and O–H groups in total. The average Bonchev–Trinajstić information content (AvgIpc) is 3.02. The van der Waals surface area contributed by atoms with Crippen LogP contribution in [0, 0.1) is 11.6 Å². The zero-order valence-electron chi connectivity index (χ0n) is 13.2. The van der Waals surface area contributed by atoms with Gasteiger partial charge in [0.1, 0.15) is 11.9 Å². The predicted molar refractivity (Wildman–Crippen MR) is 81.3 cm³/mol. The van der Waals surface area contributed by atoms with Crippen molar-refractivity contribution in [1.82, 2.24) is 14.7 Å². The van der Waals surface area contributed by atoms with Crippen molar-refractivity contribution in [3.05, 3.63) is 46.8 Å². The van der Waals surface area contributed by atoms with E-state index >= 15 is 0 Å². The summed E-state index contributed by atoms with van der Waals surface area (Å²) >= 11 is 0. The summed E-state index contributed by atoms with van der Waals surface area (Å²) in [5, 5.41) is 22.9. The largest absolute Gasteiger partial charge is 0.496 e. The summed E-state index contributed by atoms with van der Waals surface area (Å²) in [6, 6.07) is 4.18. The Morgan fingerprint density at radius 3 is 2.83 bits per heavy atom. The van der Waals surface area contributed by atoms with Crippen molar-refractivity contribution < 1.29 is 23.7 Å². The molecule has 0 spiro atoms. The third-order valence-electron chi connectivity index (χ3n) is 4.16. The number of halogens is 2. The highest BCUT2D eigenvalue weighted by Crippen LogP contribution is 2.27. The summed E-state index contributed by atoms with van der Waals surface area (Å²) in [6.45, 7) is 1.45. The van der Waals surface area contributed by atoms with Crippen LogP contribution in [-0.4, -0.2) is 45.2 Å². The highest BCUT2D eigenvalue weighted by molar-refractivity contribution is 5.35. The molecule has 1 atom stereocenters. The van der Waals surface area contributed by atoms with Gasteiger partial charge >= 0.3 is 0 Å². The molecule has 0 fully saturated rings. The van der Waals surface area contributed by atoms with Gasteiger partial charge in [-0.1, -0.05) is 0 Å². The highest BCUT2D eigenvalue weighted by atomic mass is 19.2. The van der Waals surface area contributed by atoms with Crippen molar-refractivity contribution >= 4 is 0 Å². The van der Waals surface area contributed by atoms with Crippen LogP contribution in [0.15, 0.2) is 18.2 Å². The molecule has 3 rings (SSSR count). The summed E-state index contributed by atoms with van der Waals surface area (Å²) in [7, 11) is 1.42. The van der Waals surface area contributed by atoms with E-state index in [1.165, 1.54) is 13.2 Å². The molecular weight excluding hydrogens is 320 g/mol. The van der Waals surface area contributed by atoms with Crippen LogP contribution in [0.3, 0.4) is 0 Å². The molecule has 0 saturated heterocycles. The zero-order chi connectivity index (χ0) is 17.3. The number of aromatic nitrogens is 2. The second-order valence-electron chi connectivity index (χ2n) is 5.73. The van der Waals surface area contributed by atoms with Crippen molar-refractivity contribution in [1.29, 1.82) is 0 Å². The molecule has 2 heterocycles. The number of fused-ring (bicyclic) bond motifs is 1. The molecule has 130 valence electrons. The Kier molecular flexibility index (Phi) is 4.79. The van der Waals surface area contributed by atoms with E-state index in [9.17, 15) is 13.9 Å². The normalized spacial score (nSPS) is 16.0. The van der Waals surface area contributed by atoms with Gasteiger partial charge in [0.25, 0.3) is 0 Å². The van der Waals surface area contributed by atoms with Crippen LogP contribution < -0.4 is 4.74 Å². The molecule has 0 radical (unpaired) electrons. The first-order chi connectivity index (χ1) is 11.5. The number of methoxy groups -OCH3 is 1. The Labute approximate surface area is 137 Å². The number of aliphatic hydroxyl groups is 2. The van der Waals surface area contributed by atoms with Crippen molar-refractivity contribution in [3.63, 3.8) is 0 Å². The van der Waals surface area contributed by atoms with Gasteiger partial charge in [0.15, 0.2) is 11.6 Å². The topological polar surface area (TPSA) is 70.8 Å². The van der Waals surface area contributed by atoms with E-state index in [0.717, 1.165) is 11.8 Å². The number of hydrogen-bond donors (Lipinski definition) is 2. The molecule has 0 bridgehead atoms. The van der Waals surface area contributed by atoms with Crippen LogP contribution in [0.1, 0.15) is 23.1 Å². The van der Waals surface area contributed by atoms with Crippen molar-refractivity contribution in [2.24, 2.45) is 0 Å². The van der Waals surface area contributed by atoms with E-state index in [1.54, 1.807) is 10.7 Å². The van der Waals surface area contributed by atoms with Gasteiger partial charge in [0.05, 0.1) is 31.6 Å². The molecule has 0 aliphatic carbocycles. The molecule has 0 saturated carbocycles. The van der Waals surface area contributed by atoms with Crippen LogP contribution in [0.4, 0.5) is 8.78 Å². The standard InChI is InChI=1S/C16H19F2N3O3/c1-24-15-3-2-12(17)16(18)11(15)8-20-4-5-21-10(7-20)6-13(19-21)14(23)9-22/h2-3,6,14,22-23H,4-5,7-9H2,1H3. The van der Waals surface area contributed by atoms with E-state index in [1.807, 2.05) is 4.90 Å². The van der Waals surface area contributed by atoms with Crippen LogP contribution in [0.25, 0.3) is 0 Å². The first-order valence-corrected chi connectivity index (χ1v) is 7.62. The minimum absolute atomic E-state index is 0.182. The second-order valence-corrected chi connectivity index (χ2v) is 5.73. The van der Waals surface area contributed by atoms with Crippen LogP contribution >= 0.6 is 0 Å². The molecule has 1 aromatic heterocycles. The van der Waals surface area contributed by atoms with Crippen LogP contribution in [-0.2, 0) is 19.6 Å². The fourth-order valence-electron chi connectivity index (χ4n) is 2.87. The van der Waals surface area contributed by atoms with E-state index in [2.05, 4.69) is 5.10 Å². The van der Waals surface area contributed by atoms with Crippen molar-refractivity contribution in [3.8, 4) is 5.75 Å². The molecule has 1 aliphatic rings. The van der Waals surface area contributed by atoms with Crippen molar-refractivity contribution in [2.75, 3.05) is 20.3 Å². The minimum Gasteiger partial charge on any atom is -0.496 e. The fraction of sp³-hybridized carbons (Fsp3) is 0.438. The van der Waals surface area contributed by atoms with Gasteiger partial charge in [-0.05, 0) is 18.2 Å². The number of benzene rings is 1. The molecular formula is C16H19F2N3O3. The van der Waals surface area contributed by atoms with Gasteiger partial charge in [0, 0.05) is 25.2 Å². The number of aliphatic hydroxyl groups excluding tert-OH is 2. The lowest BCUT2D eigenvalue weighted by atomic mass is 10.1. The third kappa shape index (κ3) is 3.12. The van der Waals surface area contributed by atoms with Gasteiger partial charge in [0.2, 0.25) is 0 Å². The van der Waals surface area contributed by atoms with Gasteiger partial charge in [-0.3, -0.25) is 9.58 Å². The lowest BCUT2D eigenvalue weighted by molar-refractivity contribution is 0.0915. The molecule has 6 nitrogen and oxygen atoms in total. The van der Waals surface area contributed by atoms with Gasteiger partial charge in [-0.25, -0.2) is 8.78 Å². The Bertz CT molecular complexity index is 736. The molecule has 1 aliphatic heterocycles. The number of hydrogen-bond acceptors (Lipinski definition) is 5. The molecule has 2 aromatic rings. The highest BCUT2D eigenvalue weighted by Gasteiger charge is 2.23. The second kappa shape index (κ2) is 6.84. The van der Waals surface area contributed by atoms with Gasteiger partial charge < -0.3 is 14.9 Å². The van der Waals surface area contributed by atoms with Gasteiger partial charge in [-0.15, -0.1) is 0 Å². The lowest BCUT2D eigenvalue weighted by Crippen LogP contribution is -2.33. The summed E-state index contributed by atoms with van der Waals surface area (Å²) in [6.07, 6.45) is -1.02. The van der Waals surface area contributed by atoms with Crippen LogP contribution in [0.5, 0.6) is 5.75 Å². The Morgan fingerprint density at radius 1 is 1.33 bits per heavy atom. The molecule has 1 unspecified atom stereocenters. The van der Waals surface area contributed by atoms with Crippen molar-refractivity contribution in [2.45, 2.75) is 25.7 Å². The Balaban J connectivity index is 1.79. The monoisotopic (exact) mass is 339 g/mol. The average molecular weight is 339 g/mol. The lowest BCUT2D eigenvalue weighted by Gasteiger charge is -2.28. The summed E-state index contributed by atoms with van der Waals surface area (Å²) in [5.74, 6) is -1.49. The minimum atomic E-state index is -1.02. The first-order valence-electron chi connectivity index (χ1n) is 7.62. The molecule has 24 heavy (non-hydrogen) atoms. The zero-order valence-corrected chi connectivity index (χ0v) is 13.2. The molecule has 8 heteroatoms. The molecule has 1 aromatic carbocycles. The number of nitrogens with zero attached hydrogens (tertiary/aromatic N) is 3. The smallest absolute Gasteiger partial charge is 0.167 e. The SMILES string of the molecule is COc1ccc(F)c(F)c1CN1CCn2nc(C(O)CO)cc2C1. The van der Waals surface area contributed by atoms with E-state index in [-0.39, 0.29) is 12.1 Å². The predicted octanol–water partition coefficient (Wildman–Crippen LogP) is 1.21. The summed E-state index contributed by atoms with van der Waals surface area (Å²) in [4.78, 5) is 1.95. The summed E-state index contributed by atoms with van der Waals surface area (Å²) < 4.78 is 34.5. The Morgan fingerprint density at radius 2 is 2.12 bits per heavy atom. The van der Waals surface area contributed by atoms with Gasteiger partial charge in [-0.2, -0.15) is 5.10 Å². The number of ether oxygens (including phenoxy) is 1. The van der Waals surface area contributed by atoms with Crippen LogP contribution in [0.2, 0.25) is 0 Å². The maximum Gasteiger partial charge on any atom is 0.167 e. The quantitative estimate of drug-likeness (QED) is 0.857. The maximum absolute atomic E-state index is 14.1. The van der Waals surface area contributed by atoms with E-state index in [0.29, 0.717) is 31.1 Å².